The molecule has 120 valence electrons. The van der Waals surface area contributed by atoms with E-state index in [-0.39, 0.29) is 17.1 Å². The van der Waals surface area contributed by atoms with Crippen molar-refractivity contribution in [3.63, 3.8) is 0 Å². The number of hydrogen-bond acceptors (Lipinski definition) is 2. The number of nitrogens with two attached hydrogens (primary N) is 1. The first-order valence-electron chi connectivity index (χ1n) is 8.64. The number of carbonyl (C=O) groups is 1. The van der Waals surface area contributed by atoms with E-state index in [1.807, 2.05) is 6.92 Å². The number of hydrogen-bond donors (Lipinski definition) is 3. The van der Waals surface area contributed by atoms with Crippen LogP contribution in [0.2, 0.25) is 0 Å². The molecule has 4 aliphatic rings. The van der Waals surface area contributed by atoms with E-state index in [1.54, 1.807) is 0 Å². The van der Waals surface area contributed by atoms with E-state index in [2.05, 4.69) is 24.5 Å². The molecular formula is C17H31N3O. The zero-order valence-electron chi connectivity index (χ0n) is 13.7. The van der Waals surface area contributed by atoms with Gasteiger partial charge in [-0.2, -0.15) is 0 Å². The van der Waals surface area contributed by atoms with Crippen molar-refractivity contribution in [2.45, 2.75) is 70.4 Å². The van der Waals surface area contributed by atoms with Crippen molar-refractivity contribution in [3.05, 3.63) is 0 Å². The smallest absolute Gasteiger partial charge is 0.315 e. The third-order valence-corrected chi connectivity index (χ3v) is 6.51. The lowest BCUT2D eigenvalue weighted by Gasteiger charge is -2.57. The monoisotopic (exact) mass is 293 g/mol. The van der Waals surface area contributed by atoms with Gasteiger partial charge in [0.2, 0.25) is 0 Å². The van der Waals surface area contributed by atoms with Crippen molar-refractivity contribution < 1.29 is 4.79 Å². The minimum atomic E-state index is -0.327. The van der Waals surface area contributed by atoms with Gasteiger partial charge in [0.15, 0.2) is 0 Å². The minimum absolute atomic E-state index is 0.0152. The molecule has 4 aliphatic carbocycles. The average molecular weight is 293 g/mol. The Balaban J connectivity index is 1.65. The Morgan fingerprint density at radius 3 is 2.05 bits per heavy atom. The fraction of sp³-hybridized carbons (Fsp3) is 0.941. The number of urea groups is 1. The second-order valence-electron chi connectivity index (χ2n) is 8.55. The second kappa shape index (κ2) is 5.15. The molecule has 2 amide bonds. The van der Waals surface area contributed by atoms with Crippen LogP contribution in [0.15, 0.2) is 0 Å². The molecule has 4 rings (SSSR count). The largest absolute Gasteiger partial charge is 0.333 e. The van der Waals surface area contributed by atoms with Crippen LogP contribution in [0.3, 0.4) is 0 Å². The lowest BCUT2D eigenvalue weighted by molar-refractivity contribution is -0.0140. The van der Waals surface area contributed by atoms with Crippen LogP contribution >= 0.6 is 0 Å². The van der Waals surface area contributed by atoms with Crippen LogP contribution in [0.5, 0.6) is 0 Å². The van der Waals surface area contributed by atoms with Crippen molar-refractivity contribution in [2.24, 2.45) is 29.4 Å². The zero-order valence-corrected chi connectivity index (χ0v) is 13.7. The van der Waals surface area contributed by atoms with Crippen molar-refractivity contribution in [3.8, 4) is 0 Å². The highest BCUT2D eigenvalue weighted by atomic mass is 16.2. The van der Waals surface area contributed by atoms with Crippen LogP contribution in [0.1, 0.15) is 59.3 Å². The van der Waals surface area contributed by atoms with Crippen LogP contribution in [-0.4, -0.2) is 23.7 Å². The fourth-order valence-corrected chi connectivity index (χ4v) is 5.23. The Bertz CT molecular complexity index is 385. The average Bonchev–Trinajstić information content (AvgIpc) is 2.35. The van der Waals surface area contributed by atoms with E-state index in [1.165, 1.54) is 38.5 Å². The van der Waals surface area contributed by atoms with Crippen molar-refractivity contribution in [1.82, 2.24) is 10.6 Å². The van der Waals surface area contributed by atoms with Gasteiger partial charge in [-0.1, -0.05) is 13.8 Å². The summed E-state index contributed by atoms with van der Waals surface area (Å²) in [5.74, 6) is 2.87. The van der Waals surface area contributed by atoms with Gasteiger partial charge in [-0.15, -0.1) is 0 Å². The maximum Gasteiger partial charge on any atom is 0.315 e. The molecule has 4 N–H and O–H groups in total. The third kappa shape index (κ3) is 2.79. The van der Waals surface area contributed by atoms with Crippen molar-refractivity contribution in [2.75, 3.05) is 6.54 Å². The van der Waals surface area contributed by atoms with Gasteiger partial charge in [-0.05, 0) is 69.1 Å². The summed E-state index contributed by atoms with van der Waals surface area (Å²) in [7, 11) is 0. The molecule has 4 bridgehead atoms. The number of rotatable bonds is 4. The maximum atomic E-state index is 12.5. The molecule has 1 atom stereocenters. The first kappa shape index (κ1) is 15.1. The van der Waals surface area contributed by atoms with Crippen LogP contribution in [-0.2, 0) is 0 Å². The van der Waals surface area contributed by atoms with E-state index in [0.29, 0.717) is 12.5 Å². The predicted molar refractivity (Wildman–Crippen MR) is 84.9 cm³/mol. The molecule has 0 heterocycles. The molecule has 0 aliphatic heterocycles. The van der Waals surface area contributed by atoms with E-state index in [9.17, 15) is 4.79 Å². The number of carbonyl (C=O) groups excluding carboxylic acids is 1. The summed E-state index contributed by atoms with van der Waals surface area (Å²) in [6.45, 7) is 6.73. The Morgan fingerprint density at radius 2 is 1.67 bits per heavy atom. The highest BCUT2D eigenvalue weighted by Crippen LogP contribution is 2.55. The Hall–Kier alpha value is -0.770. The molecule has 0 aromatic rings. The normalized spacial score (nSPS) is 40.1. The van der Waals surface area contributed by atoms with Gasteiger partial charge < -0.3 is 16.4 Å². The highest BCUT2D eigenvalue weighted by molar-refractivity contribution is 5.76. The van der Waals surface area contributed by atoms with E-state index in [4.69, 9.17) is 5.73 Å². The molecule has 0 radical (unpaired) electrons. The topological polar surface area (TPSA) is 67.1 Å². The third-order valence-electron chi connectivity index (χ3n) is 6.51. The molecule has 0 spiro atoms. The molecule has 1 unspecified atom stereocenters. The molecule has 4 nitrogen and oxygen atoms in total. The van der Waals surface area contributed by atoms with Crippen LogP contribution < -0.4 is 16.4 Å². The van der Waals surface area contributed by atoms with Gasteiger partial charge in [0.05, 0.1) is 5.54 Å². The summed E-state index contributed by atoms with van der Waals surface area (Å²) in [5, 5.41) is 6.51. The fourth-order valence-electron chi connectivity index (χ4n) is 5.23. The predicted octanol–water partition coefficient (Wildman–Crippen LogP) is 2.63. The Morgan fingerprint density at radius 1 is 1.19 bits per heavy atom. The summed E-state index contributed by atoms with van der Waals surface area (Å²) >= 11 is 0. The molecule has 0 saturated heterocycles. The number of nitrogens with one attached hydrogen (secondary N) is 2. The molecule has 4 heteroatoms. The minimum Gasteiger partial charge on any atom is -0.333 e. The zero-order chi connectivity index (χ0) is 15.3. The highest BCUT2D eigenvalue weighted by Gasteiger charge is 2.51. The van der Waals surface area contributed by atoms with E-state index >= 15 is 0 Å². The Labute approximate surface area is 128 Å². The molecule has 21 heavy (non-hydrogen) atoms. The lowest BCUT2D eigenvalue weighted by atomic mass is 9.53. The quantitative estimate of drug-likeness (QED) is 0.746. The first-order valence-corrected chi connectivity index (χ1v) is 8.64. The maximum absolute atomic E-state index is 12.5. The molecule has 4 saturated carbocycles. The van der Waals surface area contributed by atoms with Crippen LogP contribution in [0, 0.1) is 23.7 Å². The molecule has 4 fully saturated rings. The summed E-state index contributed by atoms with van der Waals surface area (Å²) < 4.78 is 0. The van der Waals surface area contributed by atoms with E-state index in [0.717, 1.165) is 17.8 Å². The first-order chi connectivity index (χ1) is 9.84. The van der Waals surface area contributed by atoms with Gasteiger partial charge >= 0.3 is 6.03 Å². The lowest BCUT2D eigenvalue weighted by Crippen LogP contribution is -2.65. The van der Waals surface area contributed by atoms with Gasteiger partial charge in [0, 0.05) is 12.1 Å². The van der Waals surface area contributed by atoms with Crippen molar-refractivity contribution in [1.29, 1.82) is 0 Å². The van der Waals surface area contributed by atoms with E-state index < -0.39 is 0 Å². The van der Waals surface area contributed by atoms with Gasteiger partial charge in [0.1, 0.15) is 0 Å². The Kier molecular flexibility index (Phi) is 3.71. The molecule has 0 aromatic heterocycles. The van der Waals surface area contributed by atoms with Crippen LogP contribution in [0.4, 0.5) is 4.79 Å². The summed E-state index contributed by atoms with van der Waals surface area (Å²) in [4.78, 5) is 12.5. The van der Waals surface area contributed by atoms with Gasteiger partial charge in [-0.25, -0.2) is 4.79 Å². The van der Waals surface area contributed by atoms with Crippen LogP contribution in [0.25, 0.3) is 0 Å². The summed E-state index contributed by atoms with van der Waals surface area (Å²) in [5.41, 5.74) is 5.62. The molecular weight excluding hydrogens is 262 g/mol. The summed E-state index contributed by atoms with van der Waals surface area (Å²) in [6.07, 6.45) is 7.76. The van der Waals surface area contributed by atoms with Crippen molar-refractivity contribution >= 4 is 6.03 Å². The summed E-state index contributed by atoms with van der Waals surface area (Å²) in [6, 6.07) is -0.0152. The number of amides is 2. The SMILES string of the molecule is CC(C)C(C)(CN)NC(=O)NC12CC3CC(CC(C3)C1)C2. The second-order valence-corrected chi connectivity index (χ2v) is 8.55. The van der Waals surface area contributed by atoms with Gasteiger partial charge in [-0.3, -0.25) is 0 Å². The molecule has 0 aromatic carbocycles. The van der Waals surface area contributed by atoms with Gasteiger partial charge in [0.25, 0.3) is 0 Å². The standard InChI is InChI=1S/C17H31N3O/c1-11(2)16(3,10-18)19-15(21)20-17-7-12-4-13(8-17)6-14(5-12)9-17/h11-14H,4-10,18H2,1-3H3,(H2,19,20,21).